The molecule has 1 N–H and O–H groups in total. The Kier molecular flexibility index (Phi) is 6.09. The van der Waals surface area contributed by atoms with E-state index >= 15 is 0 Å². The van der Waals surface area contributed by atoms with Gasteiger partial charge in [-0.25, -0.2) is 14.4 Å². The summed E-state index contributed by atoms with van der Waals surface area (Å²) in [5.41, 5.74) is 1.29. The number of rotatable bonds is 6. The molecule has 0 atom stereocenters. The van der Waals surface area contributed by atoms with E-state index in [1.807, 2.05) is 7.05 Å². The normalized spacial score (nSPS) is 15.0. The number of halogens is 2. The van der Waals surface area contributed by atoms with Crippen LogP contribution in [0.4, 0.5) is 10.3 Å². The molecule has 0 radical (unpaired) electrons. The monoisotopic (exact) mass is 495 g/mol. The zero-order valence-electron chi connectivity index (χ0n) is 16.1. The number of aryl methyl sites for hydroxylation is 1. The van der Waals surface area contributed by atoms with E-state index in [1.165, 1.54) is 12.1 Å². The number of fused-ring (bicyclic) bond motifs is 1. The molecule has 1 aliphatic heterocycles. The highest BCUT2D eigenvalue weighted by molar-refractivity contribution is 9.10. The number of thioether (sulfide) groups is 1. The molecule has 1 fully saturated rings. The van der Waals surface area contributed by atoms with Crippen molar-refractivity contribution in [2.75, 3.05) is 23.7 Å². The number of carboxylic acid groups (broad SMARTS) is 1. The predicted octanol–water partition coefficient (Wildman–Crippen LogP) is 3.49. The van der Waals surface area contributed by atoms with E-state index < -0.39 is 5.97 Å². The van der Waals surface area contributed by atoms with Crippen molar-refractivity contribution in [2.45, 2.75) is 24.1 Å². The van der Waals surface area contributed by atoms with Crippen LogP contribution in [0.1, 0.15) is 12.8 Å². The average molecular weight is 496 g/mol. The molecule has 11 heteroatoms. The van der Waals surface area contributed by atoms with Gasteiger partial charge in [-0.05, 0) is 28.1 Å². The molecule has 0 unspecified atom stereocenters. The maximum atomic E-state index is 13.5. The smallest absolute Gasteiger partial charge is 0.313 e. The summed E-state index contributed by atoms with van der Waals surface area (Å²) in [6, 6.07) is 4.41. The Hall–Kier alpha value is -2.40. The van der Waals surface area contributed by atoms with Gasteiger partial charge in [0.25, 0.3) is 0 Å². The Morgan fingerprint density at radius 2 is 2.13 bits per heavy atom. The number of ether oxygens (including phenoxy) is 1. The van der Waals surface area contributed by atoms with Gasteiger partial charge < -0.3 is 19.3 Å². The Bertz CT molecular complexity index is 1090. The molecule has 4 rings (SSSR count). The minimum atomic E-state index is -0.894. The second-order valence-corrected chi connectivity index (χ2v) is 8.69. The van der Waals surface area contributed by atoms with E-state index in [1.54, 1.807) is 16.8 Å². The van der Waals surface area contributed by atoms with Gasteiger partial charge in [0, 0.05) is 39.0 Å². The standard InChI is InChI=1S/C19H19BrFN5O3S/c1-25-17-14(23-19(25)30-10-16(27)28)9-22-18(24-17)26-6-4-12(5-7-26)29-15-8-11(21)2-3-13(15)20/h2-3,8-9,12H,4-7,10H2,1H3,(H,27,28). The number of hydrogen-bond acceptors (Lipinski definition) is 7. The van der Waals surface area contributed by atoms with Crippen molar-refractivity contribution in [3.8, 4) is 5.75 Å². The predicted molar refractivity (Wildman–Crippen MR) is 115 cm³/mol. The van der Waals surface area contributed by atoms with Crippen LogP contribution in [0, 0.1) is 5.82 Å². The van der Waals surface area contributed by atoms with Crippen LogP contribution in [-0.4, -0.2) is 55.5 Å². The Labute approximate surface area is 184 Å². The molecular formula is C19H19BrFN5O3S. The van der Waals surface area contributed by atoms with Crippen LogP contribution in [0.5, 0.6) is 5.75 Å². The van der Waals surface area contributed by atoms with Crippen molar-refractivity contribution in [3.05, 3.63) is 34.7 Å². The zero-order chi connectivity index (χ0) is 21.3. The summed E-state index contributed by atoms with van der Waals surface area (Å²) in [5, 5.41) is 9.46. The second kappa shape index (κ2) is 8.76. The van der Waals surface area contributed by atoms with E-state index in [0.717, 1.165) is 29.1 Å². The number of aromatic nitrogens is 4. The Balaban J connectivity index is 1.43. The summed E-state index contributed by atoms with van der Waals surface area (Å²) < 4.78 is 22.0. The average Bonchev–Trinajstić information content (AvgIpc) is 3.05. The number of aliphatic carboxylic acids is 1. The Morgan fingerprint density at radius 3 is 2.87 bits per heavy atom. The van der Waals surface area contributed by atoms with Crippen LogP contribution in [-0.2, 0) is 11.8 Å². The van der Waals surface area contributed by atoms with Crippen LogP contribution in [0.15, 0.2) is 34.0 Å². The molecular weight excluding hydrogens is 477 g/mol. The van der Waals surface area contributed by atoms with Gasteiger partial charge in [0.2, 0.25) is 5.95 Å². The van der Waals surface area contributed by atoms with Crippen LogP contribution in [0.25, 0.3) is 11.2 Å². The fourth-order valence-electron chi connectivity index (χ4n) is 3.28. The molecule has 1 aromatic carbocycles. The maximum Gasteiger partial charge on any atom is 0.313 e. The number of anilines is 1. The molecule has 0 bridgehead atoms. The molecule has 158 valence electrons. The van der Waals surface area contributed by atoms with Crippen LogP contribution in [0.3, 0.4) is 0 Å². The molecule has 3 aromatic rings. The third-order valence-electron chi connectivity index (χ3n) is 4.79. The fourth-order valence-corrected chi connectivity index (χ4v) is 4.32. The molecule has 1 saturated heterocycles. The summed E-state index contributed by atoms with van der Waals surface area (Å²) in [5.74, 6) is -0.177. The highest BCUT2D eigenvalue weighted by atomic mass is 79.9. The van der Waals surface area contributed by atoms with E-state index in [9.17, 15) is 9.18 Å². The third kappa shape index (κ3) is 4.51. The minimum Gasteiger partial charge on any atom is -0.489 e. The SMILES string of the molecule is Cn1c(SCC(=O)O)nc2cnc(N3CCC(Oc4cc(F)ccc4Br)CC3)nc21. The number of imidazole rings is 1. The molecule has 8 nitrogen and oxygen atoms in total. The number of nitrogens with zero attached hydrogens (tertiary/aromatic N) is 5. The summed E-state index contributed by atoms with van der Waals surface area (Å²) in [6.45, 7) is 1.42. The van der Waals surface area contributed by atoms with Crippen molar-refractivity contribution >= 4 is 50.8 Å². The highest BCUT2D eigenvalue weighted by Crippen LogP contribution is 2.29. The van der Waals surface area contributed by atoms with Gasteiger partial charge in [-0.3, -0.25) is 4.79 Å². The van der Waals surface area contributed by atoms with Gasteiger partial charge in [0.1, 0.15) is 23.2 Å². The lowest BCUT2D eigenvalue weighted by Crippen LogP contribution is -2.39. The van der Waals surface area contributed by atoms with Crippen molar-refractivity contribution in [2.24, 2.45) is 7.05 Å². The molecule has 30 heavy (non-hydrogen) atoms. The summed E-state index contributed by atoms with van der Waals surface area (Å²) in [6.07, 6.45) is 3.17. The first-order chi connectivity index (χ1) is 14.4. The number of hydrogen-bond donors (Lipinski definition) is 1. The Morgan fingerprint density at radius 1 is 1.37 bits per heavy atom. The van der Waals surface area contributed by atoms with Crippen molar-refractivity contribution in [1.29, 1.82) is 0 Å². The molecule has 0 aliphatic carbocycles. The van der Waals surface area contributed by atoms with E-state index in [4.69, 9.17) is 9.84 Å². The summed E-state index contributed by atoms with van der Waals surface area (Å²) in [7, 11) is 1.81. The lowest BCUT2D eigenvalue weighted by molar-refractivity contribution is -0.133. The number of piperidine rings is 1. The third-order valence-corrected chi connectivity index (χ3v) is 6.46. The second-order valence-electron chi connectivity index (χ2n) is 6.89. The quantitative estimate of drug-likeness (QED) is 0.519. The first kappa shape index (κ1) is 20.9. The maximum absolute atomic E-state index is 13.5. The molecule has 0 saturated carbocycles. The number of benzene rings is 1. The molecule has 2 aromatic heterocycles. The summed E-state index contributed by atoms with van der Waals surface area (Å²) >= 11 is 4.54. The molecule has 1 aliphatic rings. The lowest BCUT2D eigenvalue weighted by Gasteiger charge is -2.32. The van der Waals surface area contributed by atoms with Crippen LogP contribution >= 0.6 is 27.7 Å². The van der Waals surface area contributed by atoms with E-state index in [-0.39, 0.29) is 17.7 Å². The number of carbonyl (C=O) groups is 1. The summed E-state index contributed by atoms with van der Waals surface area (Å²) in [4.78, 5) is 26.4. The van der Waals surface area contributed by atoms with Gasteiger partial charge in [-0.2, -0.15) is 4.98 Å². The van der Waals surface area contributed by atoms with Crippen molar-refractivity contribution in [3.63, 3.8) is 0 Å². The zero-order valence-corrected chi connectivity index (χ0v) is 18.5. The largest absolute Gasteiger partial charge is 0.489 e. The fraction of sp³-hybridized carbons (Fsp3) is 0.368. The first-order valence-corrected chi connectivity index (χ1v) is 11.1. The van der Waals surface area contributed by atoms with Gasteiger partial charge in [0.15, 0.2) is 10.8 Å². The molecule has 0 spiro atoms. The first-order valence-electron chi connectivity index (χ1n) is 9.31. The molecule has 3 heterocycles. The van der Waals surface area contributed by atoms with Gasteiger partial charge in [-0.15, -0.1) is 0 Å². The van der Waals surface area contributed by atoms with Crippen molar-refractivity contribution in [1.82, 2.24) is 19.5 Å². The van der Waals surface area contributed by atoms with E-state index in [2.05, 4.69) is 35.8 Å². The van der Waals surface area contributed by atoms with Crippen LogP contribution < -0.4 is 9.64 Å². The van der Waals surface area contributed by atoms with Crippen molar-refractivity contribution < 1.29 is 19.0 Å². The van der Waals surface area contributed by atoms with Crippen LogP contribution in [0.2, 0.25) is 0 Å². The number of carboxylic acids is 1. The minimum absolute atomic E-state index is 0.0150. The van der Waals surface area contributed by atoms with Gasteiger partial charge >= 0.3 is 5.97 Å². The van der Waals surface area contributed by atoms with Gasteiger partial charge in [0.05, 0.1) is 16.4 Å². The highest BCUT2D eigenvalue weighted by Gasteiger charge is 2.24. The van der Waals surface area contributed by atoms with E-state index in [0.29, 0.717) is 41.1 Å². The van der Waals surface area contributed by atoms with Gasteiger partial charge in [-0.1, -0.05) is 11.8 Å². The lowest BCUT2D eigenvalue weighted by atomic mass is 10.1. The molecule has 0 amide bonds. The topological polar surface area (TPSA) is 93.4 Å².